The van der Waals surface area contributed by atoms with Crippen LogP contribution in [0.1, 0.15) is 43.1 Å². The number of nitrogens with one attached hydrogen (secondary N) is 1. The molecule has 112 valence electrons. The average Bonchev–Trinajstić information content (AvgIpc) is 3.11. The van der Waals surface area contributed by atoms with Crippen LogP contribution in [-0.4, -0.2) is 27.7 Å². The van der Waals surface area contributed by atoms with E-state index in [1.54, 1.807) is 0 Å². The Morgan fingerprint density at radius 1 is 1.33 bits per heavy atom. The molecule has 1 heterocycles. The Hall–Kier alpha value is -1.81. The van der Waals surface area contributed by atoms with Gasteiger partial charge in [-0.2, -0.15) is 0 Å². The van der Waals surface area contributed by atoms with Gasteiger partial charge in [0.15, 0.2) is 0 Å². The lowest BCUT2D eigenvalue weighted by Gasteiger charge is -2.28. The van der Waals surface area contributed by atoms with Gasteiger partial charge in [0.2, 0.25) is 0 Å². The second-order valence-corrected chi connectivity index (χ2v) is 5.93. The predicted molar refractivity (Wildman–Crippen MR) is 83.4 cm³/mol. The zero-order valence-corrected chi connectivity index (χ0v) is 12.4. The molecule has 1 aromatic heterocycles. The van der Waals surface area contributed by atoms with E-state index in [2.05, 4.69) is 5.32 Å². The van der Waals surface area contributed by atoms with Crippen molar-refractivity contribution in [3.63, 3.8) is 0 Å². The second-order valence-electron chi connectivity index (χ2n) is 5.93. The number of rotatable bonds is 4. The minimum Gasteiger partial charge on any atom is -0.394 e. The van der Waals surface area contributed by atoms with Crippen LogP contribution < -0.4 is 5.32 Å². The molecule has 1 aromatic carbocycles. The molecular formula is C17H22N2O2. The number of para-hydroxylation sites is 1. The molecule has 0 saturated heterocycles. The van der Waals surface area contributed by atoms with Crippen LogP contribution in [0.25, 0.3) is 10.9 Å². The first-order valence-electron chi connectivity index (χ1n) is 7.71. The summed E-state index contributed by atoms with van der Waals surface area (Å²) >= 11 is 0. The largest absolute Gasteiger partial charge is 0.394 e. The van der Waals surface area contributed by atoms with Gasteiger partial charge in [-0.05, 0) is 31.9 Å². The van der Waals surface area contributed by atoms with Crippen LogP contribution in [0.4, 0.5) is 0 Å². The maximum atomic E-state index is 12.7. The molecule has 4 heteroatoms. The van der Waals surface area contributed by atoms with Gasteiger partial charge in [0.25, 0.3) is 5.91 Å². The maximum Gasteiger partial charge on any atom is 0.268 e. The molecule has 1 amide bonds. The van der Waals surface area contributed by atoms with Gasteiger partial charge in [0, 0.05) is 17.4 Å². The van der Waals surface area contributed by atoms with E-state index in [-0.39, 0.29) is 12.5 Å². The summed E-state index contributed by atoms with van der Waals surface area (Å²) < 4.78 is 2.03. The molecule has 0 spiro atoms. The van der Waals surface area contributed by atoms with E-state index in [9.17, 15) is 9.90 Å². The molecule has 2 N–H and O–H groups in total. The molecule has 0 radical (unpaired) electrons. The van der Waals surface area contributed by atoms with E-state index >= 15 is 0 Å². The van der Waals surface area contributed by atoms with E-state index in [1.165, 1.54) is 0 Å². The number of fused-ring (bicyclic) bond motifs is 1. The number of aliphatic hydroxyl groups is 1. The number of carbonyl (C=O) groups is 1. The van der Waals surface area contributed by atoms with E-state index in [0.29, 0.717) is 5.69 Å². The van der Waals surface area contributed by atoms with Gasteiger partial charge in [0.05, 0.1) is 12.1 Å². The number of hydrogen-bond acceptors (Lipinski definition) is 2. The molecule has 0 bridgehead atoms. The summed E-state index contributed by atoms with van der Waals surface area (Å²) in [4.78, 5) is 12.7. The number of carbonyl (C=O) groups excluding carboxylic acids is 1. The average molecular weight is 286 g/mol. The van der Waals surface area contributed by atoms with Crippen LogP contribution in [0.2, 0.25) is 0 Å². The highest BCUT2D eigenvalue weighted by molar-refractivity contribution is 5.99. The Morgan fingerprint density at radius 3 is 2.71 bits per heavy atom. The number of hydrogen-bond donors (Lipinski definition) is 2. The highest BCUT2D eigenvalue weighted by Gasteiger charge is 2.35. The number of aryl methyl sites for hydroxylation is 1. The van der Waals surface area contributed by atoms with Crippen molar-refractivity contribution in [3.05, 3.63) is 36.0 Å². The van der Waals surface area contributed by atoms with Gasteiger partial charge >= 0.3 is 0 Å². The Morgan fingerprint density at radius 2 is 2.05 bits per heavy atom. The van der Waals surface area contributed by atoms with E-state index < -0.39 is 5.54 Å². The van der Waals surface area contributed by atoms with Crippen molar-refractivity contribution in [3.8, 4) is 0 Å². The Balaban J connectivity index is 1.94. The van der Waals surface area contributed by atoms with Gasteiger partial charge in [-0.15, -0.1) is 0 Å². The van der Waals surface area contributed by atoms with Crippen LogP contribution in [-0.2, 0) is 6.54 Å². The Bertz CT molecular complexity index is 654. The van der Waals surface area contributed by atoms with E-state index in [0.717, 1.165) is 43.1 Å². The van der Waals surface area contributed by atoms with Crippen molar-refractivity contribution >= 4 is 16.8 Å². The monoisotopic (exact) mass is 286 g/mol. The second kappa shape index (κ2) is 5.53. The predicted octanol–water partition coefficient (Wildman–Crippen LogP) is 2.70. The highest BCUT2D eigenvalue weighted by atomic mass is 16.3. The molecule has 0 atom stereocenters. The lowest BCUT2D eigenvalue weighted by Crippen LogP contribution is -2.49. The zero-order chi connectivity index (χ0) is 14.9. The van der Waals surface area contributed by atoms with Crippen LogP contribution in [0.15, 0.2) is 30.3 Å². The molecule has 1 fully saturated rings. The molecule has 2 aromatic rings. The lowest BCUT2D eigenvalue weighted by atomic mass is 9.99. The van der Waals surface area contributed by atoms with Crippen LogP contribution in [0.3, 0.4) is 0 Å². The highest BCUT2D eigenvalue weighted by Crippen LogP contribution is 2.30. The van der Waals surface area contributed by atoms with Gasteiger partial charge in [-0.3, -0.25) is 4.79 Å². The third-order valence-corrected chi connectivity index (χ3v) is 4.60. The molecule has 0 aliphatic heterocycles. The van der Waals surface area contributed by atoms with E-state index in [4.69, 9.17) is 0 Å². The summed E-state index contributed by atoms with van der Waals surface area (Å²) in [5.41, 5.74) is 1.33. The summed E-state index contributed by atoms with van der Waals surface area (Å²) in [6.45, 7) is 2.81. The molecule has 1 saturated carbocycles. The summed E-state index contributed by atoms with van der Waals surface area (Å²) in [6, 6.07) is 9.97. The van der Waals surface area contributed by atoms with Crippen LogP contribution in [0, 0.1) is 0 Å². The fraction of sp³-hybridized carbons (Fsp3) is 0.471. The van der Waals surface area contributed by atoms with Gasteiger partial charge in [0.1, 0.15) is 5.69 Å². The fourth-order valence-electron chi connectivity index (χ4n) is 3.42. The molecule has 3 rings (SSSR count). The summed E-state index contributed by atoms with van der Waals surface area (Å²) in [7, 11) is 0. The van der Waals surface area contributed by atoms with Crippen LogP contribution in [0.5, 0.6) is 0 Å². The fourth-order valence-corrected chi connectivity index (χ4v) is 3.42. The van der Waals surface area contributed by atoms with Crippen molar-refractivity contribution in [2.75, 3.05) is 6.61 Å². The smallest absolute Gasteiger partial charge is 0.268 e. The summed E-state index contributed by atoms with van der Waals surface area (Å²) in [5, 5.41) is 13.8. The first-order valence-corrected chi connectivity index (χ1v) is 7.71. The maximum absolute atomic E-state index is 12.7. The Labute approximate surface area is 124 Å². The number of nitrogens with zero attached hydrogens (tertiary/aromatic N) is 1. The molecule has 1 aliphatic carbocycles. The number of aromatic nitrogens is 1. The van der Waals surface area contributed by atoms with Crippen LogP contribution >= 0.6 is 0 Å². The lowest BCUT2D eigenvalue weighted by molar-refractivity contribution is 0.0829. The van der Waals surface area contributed by atoms with Gasteiger partial charge in [-0.25, -0.2) is 0 Å². The minimum absolute atomic E-state index is 0.0189. The normalized spacial score (nSPS) is 17.2. The number of benzene rings is 1. The SMILES string of the molecule is CCn1c(C(=O)NC2(CO)CCCC2)cc2ccccc21. The Kier molecular flexibility index (Phi) is 3.72. The van der Waals surface area contributed by atoms with Crippen molar-refractivity contribution in [1.82, 2.24) is 9.88 Å². The topological polar surface area (TPSA) is 54.3 Å². The van der Waals surface area contributed by atoms with E-state index in [1.807, 2.05) is 41.8 Å². The summed E-state index contributed by atoms with van der Waals surface area (Å²) in [5.74, 6) is -0.0796. The molecule has 0 unspecified atom stereocenters. The van der Waals surface area contributed by atoms with Gasteiger partial charge < -0.3 is 15.0 Å². The zero-order valence-electron chi connectivity index (χ0n) is 12.4. The quantitative estimate of drug-likeness (QED) is 0.908. The number of amides is 1. The first-order chi connectivity index (χ1) is 10.2. The first kappa shape index (κ1) is 14.1. The molecule has 1 aliphatic rings. The molecule has 21 heavy (non-hydrogen) atoms. The minimum atomic E-state index is -0.424. The third-order valence-electron chi connectivity index (χ3n) is 4.60. The van der Waals surface area contributed by atoms with Gasteiger partial charge in [-0.1, -0.05) is 31.0 Å². The third kappa shape index (κ3) is 2.44. The molecular weight excluding hydrogens is 264 g/mol. The van der Waals surface area contributed by atoms with Crippen molar-refractivity contribution in [2.24, 2.45) is 0 Å². The van der Waals surface area contributed by atoms with Crippen molar-refractivity contribution < 1.29 is 9.90 Å². The van der Waals surface area contributed by atoms with Crippen molar-refractivity contribution in [2.45, 2.75) is 44.7 Å². The number of aliphatic hydroxyl groups excluding tert-OH is 1. The molecule has 4 nitrogen and oxygen atoms in total. The summed E-state index contributed by atoms with van der Waals surface area (Å²) in [6.07, 6.45) is 3.86. The standard InChI is InChI=1S/C17H22N2O2/c1-2-19-14-8-4-3-7-13(14)11-15(19)16(21)18-17(12-20)9-5-6-10-17/h3-4,7-8,11,20H,2,5-6,9-10,12H2,1H3,(H,18,21). The van der Waals surface area contributed by atoms with Crippen molar-refractivity contribution in [1.29, 1.82) is 0 Å².